The molecule has 0 spiro atoms. The number of rotatable bonds is 2. The number of halogens is 1. The Hall–Kier alpha value is -1.84. The number of benzene rings is 2. The Balaban J connectivity index is 2.17. The first-order chi connectivity index (χ1) is 9.16. The van der Waals surface area contributed by atoms with Gasteiger partial charge in [0, 0.05) is 11.4 Å². The highest BCUT2D eigenvalue weighted by Crippen LogP contribution is 2.26. The number of nitrogens with zero attached hydrogens (tertiary/aromatic N) is 2. The van der Waals surface area contributed by atoms with Crippen molar-refractivity contribution in [3.05, 3.63) is 59.2 Å². The number of para-hydroxylation sites is 1. The van der Waals surface area contributed by atoms with Gasteiger partial charge in [0.25, 0.3) is 0 Å². The molecule has 96 valence electrons. The van der Waals surface area contributed by atoms with Crippen molar-refractivity contribution in [2.75, 3.05) is 0 Å². The second-order valence-corrected chi connectivity index (χ2v) is 5.02. The number of hydrogen-bond donors (Lipinski definition) is 1. The summed E-state index contributed by atoms with van der Waals surface area (Å²) in [6, 6.07) is 13.9. The lowest BCUT2D eigenvalue weighted by molar-refractivity contribution is 0.815. The van der Waals surface area contributed by atoms with Crippen molar-refractivity contribution in [2.24, 2.45) is 5.73 Å². The minimum atomic E-state index is -0.0269. The van der Waals surface area contributed by atoms with Crippen LogP contribution in [0.3, 0.4) is 0 Å². The number of nitrogens with two attached hydrogens (primary N) is 1. The van der Waals surface area contributed by atoms with Crippen LogP contribution < -0.4 is 5.73 Å². The number of fused-ring (bicyclic) bond motifs is 1. The number of hydrogen-bond acceptors (Lipinski definition) is 2. The van der Waals surface area contributed by atoms with Gasteiger partial charge < -0.3 is 5.73 Å². The van der Waals surface area contributed by atoms with Crippen LogP contribution in [0.5, 0.6) is 0 Å². The molecule has 0 bridgehead atoms. The van der Waals surface area contributed by atoms with Crippen LogP contribution in [0.25, 0.3) is 16.6 Å². The van der Waals surface area contributed by atoms with Gasteiger partial charge in [-0.1, -0.05) is 35.9 Å². The molecule has 0 aliphatic rings. The summed E-state index contributed by atoms with van der Waals surface area (Å²) in [5, 5.41) is 6.15. The minimum Gasteiger partial charge on any atom is -0.324 e. The summed E-state index contributed by atoms with van der Waals surface area (Å²) in [5.41, 5.74) is 8.79. The van der Waals surface area contributed by atoms with Crippen molar-refractivity contribution in [3.8, 4) is 5.69 Å². The summed E-state index contributed by atoms with van der Waals surface area (Å²) in [5.74, 6) is 0. The van der Waals surface area contributed by atoms with E-state index in [0.29, 0.717) is 5.02 Å². The molecule has 19 heavy (non-hydrogen) atoms. The summed E-state index contributed by atoms with van der Waals surface area (Å²) >= 11 is 6.35. The smallest absolute Gasteiger partial charge is 0.0839 e. The van der Waals surface area contributed by atoms with E-state index in [1.165, 1.54) is 0 Å². The molecular weight excluding hydrogens is 258 g/mol. The second-order valence-electron chi connectivity index (χ2n) is 4.61. The Labute approximate surface area is 116 Å². The van der Waals surface area contributed by atoms with Crippen molar-refractivity contribution < 1.29 is 0 Å². The van der Waals surface area contributed by atoms with Gasteiger partial charge in [0.2, 0.25) is 0 Å². The van der Waals surface area contributed by atoms with E-state index in [9.17, 15) is 0 Å². The van der Waals surface area contributed by atoms with Gasteiger partial charge >= 0.3 is 0 Å². The summed E-state index contributed by atoms with van der Waals surface area (Å²) in [4.78, 5) is 0. The first kappa shape index (κ1) is 12.2. The monoisotopic (exact) mass is 271 g/mol. The zero-order valence-electron chi connectivity index (χ0n) is 10.5. The van der Waals surface area contributed by atoms with Gasteiger partial charge in [-0.2, -0.15) is 5.10 Å². The maximum atomic E-state index is 6.35. The molecule has 0 saturated carbocycles. The molecule has 2 aromatic carbocycles. The lowest BCUT2D eigenvalue weighted by atomic mass is 10.1. The van der Waals surface area contributed by atoms with E-state index in [1.54, 1.807) is 0 Å². The highest BCUT2D eigenvalue weighted by Gasteiger charge is 2.09. The molecular formula is C15H14ClN3. The molecule has 0 amide bonds. The van der Waals surface area contributed by atoms with Gasteiger partial charge in [-0.15, -0.1) is 0 Å². The average Bonchev–Trinajstić information content (AvgIpc) is 2.82. The third kappa shape index (κ3) is 2.11. The first-order valence-electron chi connectivity index (χ1n) is 6.15. The lowest BCUT2D eigenvalue weighted by Gasteiger charge is -2.10. The maximum absolute atomic E-state index is 6.35. The van der Waals surface area contributed by atoms with E-state index in [4.69, 9.17) is 17.3 Å². The Morgan fingerprint density at radius 1 is 1.21 bits per heavy atom. The quantitative estimate of drug-likeness (QED) is 0.772. The molecule has 3 nitrogen and oxygen atoms in total. The molecule has 0 unspecified atom stereocenters. The summed E-state index contributed by atoms with van der Waals surface area (Å²) in [6.45, 7) is 1.94. The fraction of sp³-hybridized carbons (Fsp3) is 0.133. The molecule has 2 N–H and O–H groups in total. The molecule has 0 aliphatic carbocycles. The van der Waals surface area contributed by atoms with Crippen LogP contribution in [0.1, 0.15) is 18.5 Å². The molecule has 0 radical (unpaired) electrons. The van der Waals surface area contributed by atoms with Crippen LogP contribution in [0, 0.1) is 0 Å². The third-order valence-corrected chi connectivity index (χ3v) is 3.51. The fourth-order valence-corrected chi connectivity index (χ4v) is 2.41. The van der Waals surface area contributed by atoms with Gasteiger partial charge in [-0.3, -0.25) is 0 Å². The molecule has 1 atom stereocenters. The predicted octanol–water partition coefficient (Wildman–Crippen LogP) is 3.70. The Morgan fingerprint density at radius 2 is 2.00 bits per heavy atom. The van der Waals surface area contributed by atoms with Crippen molar-refractivity contribution in [1.82, 2.24) is 9.78 Å². The Bertz CT molecular complexity index is 731. The van der Waals surface area contributed by atoms with Crippen LogP contribution in [-0.2, 0) is 0 Å². The Kier molecular flexibility index (Phi) is 3.01. The SMILES string of the molecule is C[C@H](N)c1ccc(-n2ncc3ccccc32)c(Cl)c1. The summed E-state index contributed by atoms with van der Waals surface area (Å²) < 4.78 is 1.85. The maximum Gasteiger partial charge on any atom is 0.0839 e. The van der Waals surface area contributed by atoms with Gasteiger partial charge in [0.15, 0.2) is 0 Å². The summed E-state index contributed by atoms with van der Waals surface area (Å²) in [7, 11) is 0. The molecule has 1 aromatic heterocycles. The topological polar surface area (TPSA) is 43.8 Å². The van der Waals surface area contributed by atoms with E-state index in [-0.39, 0.29) is 6.04 Å². The van der Waals surface area contributed by atoms with Crippen LogP contribution in [-0.4, -0.2) is 9.78 Å². The normalized spacial score (nSPS) is 12.8. The van der Waals surface area contributed by atoms with Gasteiger partial charge in [-0.05, 0) is 30.7 Å². The van der Waals surface area contributed by atoms with Gasteiger partial charge in [0.1, 0.15) is 0 Å². The molecule has 0 saturated heterocycles. The average molecular weight is 272 g/mol. The second kappa shape index (κ2) is 4.68. The largest absolute Gasteiger partial charge is 0.324 e. The van der Waals surface area contributed by atoms with E-state index in [2.05, 4.69) is 5.10 Å². The molecule has 3 aromatic rings. The Morgan fingerprint density at radius 3 is 2.74 bits per heavy atom. The minimum absolute atomic E-state index is 0.0269. The van der Waals surface area contributed by atoms with E-state index >= 15 is 0 Å². The molecule has 0 aliphatic heterocycles. The standard InChI is InChI=1S/C15H14ClN3/c1-10(17)11-6-7-15(13(16)8-11)19-14-5-3-2-4-12(14)9-18-19/h2-10H,17H2,1H3/t10-/m0/s1. The van der Waals surface area contributed by atoms with Crippen molar-refractivity contribution in [2.45, 2.75) is 13.0 Å². The van der Waals surface area contributed by atoms with Crippen LogP contribution >= 0.6 is 11.6 Å². The zero-order valence-corrected chi connectivity index (χ0v) is 11.3. The van der Waals surface area contributed by atoms with Crippen LogP contribution in [0.2, 0.25) is 5.02 Å². The van der Waals surface area contributed by atoms with Crippen molar-refractivity contribution in [1.29, 1.82) is 0 Å². The zero-order chi connectivity index (χ0) is 13.4. The van der Waals surface area contributed by atoms with Gasteiger partial charge in [0.05, 0.1) is 22.4 Å². The highest BCUT2D eigenvalue weighted by atomic mass is 35.5. The van der Waals surface area contributed by atoms with Crippen molar-refractivity contribution in [3.63, 3.8) is 0 Å². The predicted molar refractivity (Wildman–Crippen MR) is 78.7 cm³/mol. The van der Waals surface area contributed by atoms with Crippen molar-refractivity contribution >= 4 is 22.5 Å². The first-order valence-corrected chi connectivity index (χ1v) is 6.53. The number of aromatic nitrogens is 2. The highest BCUT2D eigenvalue weighted by molar-refractivity contribution is 6.32. The van der Waals surface area contributed by atoms with E-state index in [1.807, 2.05) is 60.3 Å². The third-order valence-electron chi connectivity index (χ3n) is 3.20. The van der Waals surface area contributed by atoms with E-state index < -0.39 is 0 Å². The molecule has 4 heteroatoms. The lowest BCUT2D eigenvalue weighted by Crippen LogP contribution is -2.05. The fourth-order valence-electron chi connectivity index (χ4n) is 2.14. The molecule has 0 fully saturated rings. The van der Waals surface area contributed by atoms with Crippen LogP contribution in [0.4, 0.5) is 0 Å². The van der Waals surface area contributed by atoms with Crippen LogP contribution in [0.15, 0.2) is 48.7 Å². The summed E-state index contributed by atoms with van der Waals surface area (Å²) in [6.07, 6.45) is 1.84. The molecule has 1 heterocycles. The van der Waals surface area contributed by atoms with Gasteiger partial charge in [-0.25, -0.2) is 4.68 Å². The molecule has 3 rings (SSSR count). The van der Waals surface area contributed by atoms with E-state index in [0.717, 1.165) is 22.2 Å².